The quantitative estimate of drug-likeness (QED) is 0.741. The number of hydrogen-bond acceptors (Lipinski definition) is 6. The molecule has 1 fully saturated rings. The van der Waals surface area contributed by atoms with Gasteiger partial charge in [0.25, 0.3) is 11.1 Å². The average Bonchev–Trinajstić information content (AvgIpc) is 3.06. The van der Waals surface area contributed by atoms with E-state index in [0.717, 1.165) is 34.0 Å². The predicted octanol–water partition coefficient (Wildman–Crippen LogP) is 3.38. The molecular formula is C23H24N2O5S. The highest BCUT2D eigenvalue weighted by molar-refractivity contribution is 8.26. The number of carbonyl (C=O) groups is 3. The first kappa shape index (κ1) is 21.2. The highest BCUT2D eigenvalue weighted by Crippen LogP contribution is 2.32. The first-order chi connectivity index (χ1) is 14.8. The van der Waals surface area contributed by atoms with E-state index < -0.39 is 6.04 Å². The molecule has 2 heterocycles. The zero-order valence-electron chi connectivity index (χ0n) is 17.7. The van der Waals surface area contributed by atoms with Crippen molar-refractivity contribution in [2.24, 2.45) is 0 Å². The number of rotatable bonds is 6. The SMILES string of the molecule is Cc1cc2c(c(C)c1C)OCN(CCOc1ccc(CC3NC(=O)SC3=O)cc1)C2=O. The van der Waals surface area contributed by atoms with Gasteiger partial charge in [-0.05, 0) is 61.2 Å². The van der Waals surface area contributed by atoms with Crippen LogP contribution in [0.3, 0.4) is 0 Å². The van der Waals surface area contributed by atoms with Crippen LogP contribution in [-0.2, 0) is 11.2 Å². The first-order valence-electron chi connectivity index (χ1n) is 10.1. The Morgan fingerprint density at radius 1 is 1.13 bits per heavy atom. The van der Waals surface area contributed by atoms with Crippen molar-refractivity contribution < 1.29 is 23.9 Å². The van der Waals surface area contributed by atoms with Gasteiger partial charge >= 0.3 is 0 Å². The predicted molar refractivity (Wildman–Crippen MR) is 118 cm³/mol. The highest BCUT2D eigenvalue weighted by Gasteiger charge is 2.31. The van der Waals surface area contributed by atoms with Gasteiger partial charge < -0.3 is 19.7 Å². The van der Waals surface area contributed by atoms with Crippen LogP contribution in [0.2, 0.25) is 0 Å². The van der Waals surface area contributed by atoms with Gasteiger partial charge in [-0.1, -0.05) is 12.1 Å². The van der Waals surface area contributed by atoms with E-state index in [-0.39, 0.29) is 23.0 Å². The molecule has 0 radical (unpaired) electrons. The number of ether oxygens (including phenoxy) is 2. The van der Waals surface area contributed by atoms with Crippen LogP contribution in [0.15, 0.2) is 30.3 Å². The van der Waals surface area contributed by atoms with Crippen molar-refractivity contribution in [3.8, 4) is 11.5 Å². The second kappa shape index (κ2) is 8.63. The van der Waals surface area contributed by atoms with Crippen molar-refractivity contribution in [1.82, 2.24) is 10.2 Å². The molecule has 2 aliphatic rings. The van der Waals surface area contributed by atoms with Gasteiger partial charge in [0.15, 0.2) is 6.73 Å². The molecule has 1 atom stereocenters. The van der Waals surface area contributed by atoms with E-state index in [0.29, 0.717) is 36.6 Å². The van der Waals surface area contributed by atoms with Crippen molar-refractivity contribution in [3.63, 3.8) is 0 Å². The molecule has 2 aliphatic heterocycles. The minimum Gasteiger partial charge on any atom is -0.492 e. The van der Waals surface area contributed by atoms with E-state index in [1.54, 1.807) is 4.90 Å². The summed E-state index contributed by atoms with van der Waals surface area (Å²) in [6.45, 7) is 6.96. The molecular weight excluding hydrogens is 416 g/mol. The van der Waals surface area contributed by atoms with Gasteiger partial charge in [-0.15, -0.1) is 0 Å². The summed E-state index contributed by atoms with van der Waals surface area (Å²) in [6.07, 6.45) is 0.454. The maximum Gasteiger partial charge on any atom is 0.287 e. The van der Waals surface area contributed by atoms with E-state index in [2.05, 4.69) is 5.32 Å². The number of amides is 2. The van der Waals surface area contributed by atoms with Gasteiger partial charge in [0, 0.05) is 18.2 Å². The number of benzene rings is 2. The van der Waals surface area contributed by atoms with Gasteiger partial charge in [0.05, 0.1) is 12.1 Å². The van der Waals surface area contributed by atoms with E-state index in [4.69, 9.17) is 9.47 Å². The van der Waals surface area contributed by atoms with E-state index >= 15 is 0 Å². The van der Waals surface area contributed by atoms with Crippen LogP contribution < -0.4 is 14.8 Å². The number of nitrogens with zero attached hydrogens (tertiary/aromatic N) is 1. The van der Waals surface area contributed by atoms with Gasteiger partial charge in [-0.2, -0.15) is 0 Å². The molecule has 2 aromatic rings. The standard InChI is InChI=1S/C23H24N2O5S/c1-13-10-18-20(15(3)14(13)2)30-12-25(21(18)26)8-9-29-17-6-4-16(5-7-17)11-19-22(27)31-23(28)24-19/h4-7,10,19H,8-9,11-12H2,1-3H3,(H,24,28). The summed E-state index contributed by atoms with van der Waals surface area (Å²) in [5.41, 5.74) is 4.76. The Labute approximate surface area is 185 Å². The lowest BCUT2D eigenvalue weighted by molar-refractivity contribution is -0.112. The molecule has 0 aromatic heterocycles. The molecule has 162 valence electrons. The normalized spacial score (nSPS) is 18.0. The summed E-state index contributed by atoms with van der Waals surface area (Å²) >= 11 is 0.718. The minimum atomic E-state index is -0.478. The smallest absolute Gasteiger partial charge is 0.287 e. The lowest BCUT2D eigenvalue weighted by Gasteiger charge is -2.30. The van der Waals surface area contributed by atoms with E-state index in [1.165, 1.54) is 0 Å². The summed E-state index contributed by atoms with van der Waals surface area (Å²) in [6, 6.07) is 8.80. The molecule has 7 nitrogen and oxygen atoms in total. The Kier molecular flexibility index (Phi) is 5.91. The molecule has 1 unspecified atom stereocenters. The van der Waals surface area contributed by atoms with Crippen LogP contribution in [0.1, 0.15) is 32.6 Å². The van der Waals surface area contributed by atoms with Crippen molar-refractivity contribution in [2.75, 3.05) is 19.9 Å². The van der Waals surface area contributed by atoms with E-state index in [1.807, 2.05) is 51.1 Å². The average molecular weight is 441 g/mol. The molecule has 0 spiro atoms. The number of nitrogens with one attached hydrogen (secondary N) is 1. The second-order valence-corrected chi connectivity index (χ2v) is 8.74. The molecule has 2 amide bonds. The Morgan fingerprint density at radius 2 is 1.87 bits per heavy atom. The van der Waals surface area contributed by atoms with Crippen LogP contribution in [0, 0.1) is 20.8 Å². The van der Waals surface area contributed by atoms with Gasteiger partial charge in [-0.25, -0.2) is 0 Å². The Morgan fingerprint density at radius 3 is 2.55 bits per heavy atom. The van der Waals surface area contributed by atoms with Crippen LogP contribution in [-0.4, -0.2) is 47.1 Å². The van der Waals surface area contributed by atoms with Gasteiger partial charge in [0.1, 0.15) is 24.1 Å². The molecule has 2 aromatic carbocycles. The highest BCUT2D eigenvalue weighted by atomic mass is 32.2. The lowest BCUT2D eigenvalue weighted by Crippen LogP contribution is -2.41. The monoisotopic (exact) mass is 440 g/mol. The summed E-state index contributed by atoms with van der Waals surface area (Å²) in [7, 11) is 0. The summed E-state index contributed by atoms with van der Waals surface area (Å²) in [4.78, 5) is 37.5. The fourth-order valence-electron chi connectivity index (χ4n) is 3.70. The molecule has 8 heteroatoms. The van der Waals surface area contributed by atoms with E-state index in [9.17, 15) is 14.4 Å². The van der Waals surface area contributed by atoms with Crippen molar-refractivity contribution in [3.05, 3.63) is 58.1 Å². The second-order valence-electron chi connectivity index (χ2n) is 7.76. The summed E-state index contributed by atoms with van der Waals surface area (Å²) in [5.74, 6) is 1.30. The number of aryl methyl sites for hydroxylation is 1. The fraction of sp³-hybridized carbons (Fsp3) is 0.348. The minimum absolute atomic E-state index is 0.0486. The number of carbonyl (C=O) groups excluding carboxylic acids is 3. The summed E-state index contributed by atoms with van der Waals surface area (Å²) < 4.78 is 11.6. The molecule has 1 saturated heterocycles. The van der Waals surface area contributed by atoms with Gasteiger partial charge in [-0.3, -0.25) is 14.4 Å². The van der Waals surface area contributed by atoms with Crippen LogP contribution >= 0.6 is 11.8 Å². The number of hydrogen-bond donors (Lipinski definition) is 1. The lowest BCUT2D eigenvalue weighted by atomic mass is 9.97. The van der Waals surface area contributed by atoms with Crippen LogP contribution in [0.5, 0.6) is 11.5 Å². The maximum absolute atomic E-state index is 12.9. The first-order valence-corrected chi connectivity index (χ1v) is 10.9. The Bertz CT molecular complexity index is 1050. The van der Waals surface area contributed by atoms with Crippen molar-refractivity contribution in [2.45, 2.75) is 33.2 Å². The largest absolute Gasteiger partial charge is 0.492 e. The zero-order valence-corrected chi connectivity index (χ0v) is 18.5. The molecule has 1 N–H and O–H groups in total. The number of fused-ring (bicyclic) bond motifs is 1. The van der Waals surface area contributed by atoms with Crippen LogP contribution in [0.4, 0.5) is 4.79 Å². The third-order valence-corrected chi connectivity index (χ3v) is 6.53. The van der Waals surface area contributed by atoms with Gasteiger partial charge in [0.2, 0.25) is 5.12 Å². The van der Waals surface area contributed by atoms with Crippen LogP contribution in [0.25, 0.3) is 0 Å². The number of thioether (sulfide) groups is 1. The molecule has 0 aliphatic carbocycles. The summed E-state index contributed by atoms with van der Waals surface area (Å²) in [5, 5.41) is 2.20. The molecule has 4 rings (SSSR count). The zero-order chi connectivity index (χ0) is 22.1. The third kappa shape index (κ3) is 4.39. The maximum atomic E-state index is 12.9. The molecule has 0 bridgehead atoms. The fourth-order valence-corrected chi connectivity index (χ4v) is 4.37. The molecule has 0 saturated carbocycles. The third-order valence-electron chi connectivity index (χ3n) is 5.75. The molecule has 31 heavy (non-hydrogen) atoms. The Balaban J connectivity index is 1.31. The Hall–Kier alpha value is -3.00. The van der Waals surface area contributed by atoms with Crippen molar-refractivity contribution >= 4 is 28.0 Å². The topological polar surface area (TPSA) is 84.9 Å². The van der Waals surface area contributed by atoms with Crippen molar-refractivity contribution in [1.29, 1.82) is 0 Å².